The zero-order valence-corrected chi connectivity index (χ0v) is 13.1. The lowest BCUT2D eigenvalue weighted by Gasteiger charge is -2.18. The standard InChI is InChI=1S/C16H22N2S/c1-10-6-8-12(9-7-10)15-18-14(16(3,4)5)13(19-15)11(2)17/h6-9,11H,17H2,1-5H3. The summed E-state index contributed by atoms with van der Waals surface area (Å²) in [6.07, 6.45) is 0. The second kappa shape index (κ2) is 5.06. The van der Waals surface area contributed by atoms with Crippen molar-refractivity contribution in [3.63, 3.8) is 0 Å². The maximum atomic E-state index is 6.10. The number of rotatable bonds is 2. The van der Waals surface area contributed by atoms with Crippen LogP contribution in [0.15, 0.2) is 24.3 Å². The lowest BCUT2D eigenvalue weighted by Crippen LogP contribution is -2.17. The van der Waals surface area contributed by atoms with Gasteiger partial charge in [-0.25, -0.2) is 4.98 Å². The highest BCUT2D eigenvalue weighted by Crippen LogP contribution is 2.37. The fourth-order valence-corrected chi connectivity index (χ4v) is 3.23. The topological polar surface area (TPSA) is 38.9 Å². The molecular weight excluding hydrogens is 252 g/mol. The Kier molecular flexibility index (Phi) is 3.79. The number of hydrogen-bond donors (Lipinski definition) is 1. The minimum atomic E-state index is 0.0302. The Morgan fingerprint density at radius 1 is 1.16 bits per heavy atom. The molecule has 0 spiro atoms. The molecule has 1 aromatic heterocycles. The monoisotopic (exact) mass is 274 g/mol. The first kappa shape index (κ1) is 14.2. The number of hydrogen-bond acceptors (Lipinski definition) is 3. The van der Waals surface area contributed by atoms with Gasteiger partial charge < -0.3 is 5.73 Å². The average Bonchev–Trinajstić information content (AvgIpc) is 2.74. The molecule has 0 aliphatic rings. The molecule has 1 heterocycles. The van der Waals surface area contributed by atoms with E-state index in [2.05, 4.69) is 52.0 Å². The summed E-state index contributed by atoms with van der Waals surface area (Å²) in [5, 5.41) is 1.07. The van der Waals surface area contributed by atoms with Gasteiger partial charge in [0.1, 0.15) is 5.01 Å². The van der Waals surface area contributed by atoms with Crippen molar-refractivity contribution in [3.8, 4) is 10.6 Å². The van der Waals surface area contributed by atoms with Crippen molar-refractivity contribution in [1.82, 2.24) is 4.98 Å². The molecule has 2 N–H and O–H groups in total. The molecule has 0 bridgehead atoms. The van der Waals surface area contributed by atoms with Crippen molar-refractivity contribution >= 4 is 11.3 Å². The number of thiazole rings is 1. The largest absolute Gasteiger partial charge is 0.323 e. The van der Waals surface area contributed by atoms with Crippen LogP contribution in [0, 0.1) is 6.92 Å². The number of aryl methyl sites for hydroxylation is 1. The van der Waals surface area contributed by atoms with Gasteiger partial charge in [-0.15, -0.1) is 11.3 Å². The van der Waals surface area contributed by atoms with Crippen molar-refractivity contribution in [2.24, 2.45) is 5.73 Å². The van der Waals surface area contributed by atoms with Crippen LogP contribution in [0.25, 0.3) is 10.6 Å². The average molecular weight is 274 g/mol. The Morgan fingerprint density at radius 2 is 1.74 bits per heavy atom. The van der Waals surface area contributed by atoms with Gasteiger partial charge in [0.15, 0.2) is 0 Å². The molecule has 0 amide bonds. The van der Waals surface area contributed by atoms with Gasteiger partial charge in [0, 0.05) is 21.9 Å². The number of aromatic nitrogens is 1. The van der Waals surface area contributed by atoms with Crippen LogP contribution in [0.2, 0.25) is 0 Å². The molecule has 0 aliphatic heterocycles. The van der Waals surface area contributed by atoms with Gasteiger partial charge in [-0.05, 0) is 13.8 Å². The Hall–Kier alpha value is -1.19. The molecule has 3 heteroatoms. The SMILES string of the molecule is Cc1ccc(-c2nc(C(C)(C)C)c(C(C)N)s2)cc1. The quantitative estimate of drug-likeness (QED) is 0.879. The third-order valence-corrected chi connectivity index (χ3v) is 4.38. The smallest absolute Gasteiger partial charge is 0.123 e. The molecule has 0 fully saturated rings. The summed E-state index contributed by atoms with van der Waals surface area (Å²) in [7, 11) is 0. The van der Waals surface area contributed by atoms with E-state index in [0.29, 0.717) is 0 Å². The molecule has 1 unspecified atom stereocenters. The summed E-state index contributed by atoms with van der Waals surface area (Å²) in [6, 6.07) is 8.54. The summed E-state index contributed by atoms with van der Waals surface area (Å²) in [5.41, 5.74) is 9.70. The predicted molar refractivity (Wildman–Crippen MR) is 83.6 cm³/mol. The number of nitrogens with zero attached hydrogens (tertiary/aromatic N) is 1. The summed E-state index contributed by atoms with van der Waals surface area (Å²) < 4.78 is 0. The normalized spacial score (nSPS) is 13.6. The first-order valence-electron chi connectivity index (χ1n) is 6.63. The van der Waals surface area contributed by atoms with E-state index in [-0.39, 0.29) is 11.5 Å². The van der Waals surface area contributed by atoms with Crippen molar-refractivity contribution < 1.29 is 0 Å². The van der Waals surface area contributed by atoms with E-state index in [4.69, 9.17) is 10.7 Å². The Labute approximate surface area is 119 Å². The van der Waals surface area contributed by atoms with Crippen molar-refractivity contribution in [2.75, 3.05) is 0 Å². The lowest BCUT2D eigenvalue weighted by molar-refractivity contribution is 0.561. The predicted octanol–water partition coefficient (Wildman–Crippen LogP) is 4.44. The van der Waals surface area contributed by atoms with Crippen molar-refractivity contribution in [3.05, 3.63) is 40.4 Å². The molecule has 0 radical (unpaired) electrons. The third-order valence-electron chi connectivity index (χ3n) is 3.08. The zero-order chi connectivity index (χ0) is 14.2. The van der Waals surface area contributed by atoms with Gasteiger partial charge in [0.2, 0.25) is 0 Å². The molecule has 0 saturated carbocycles. The first-order valence-corrected chi connectivity index (χ1v) is 7.44. The molecule has 2 aromatic rings. The molecule has 2 nitrogen and oxygen atoms in total. The molecule has 19 heavy (non-hydrogen) atoms. The van der Waals surface area contributed by atoms with Gasteiger partial charge in [-0.3, -0.25) is 0 Å². The van der Waals surface area contributed by atoms with Crippen LogP contribution in [0.4, 0.5) is 0 Å². The molecule has 2 rings (SSSR count). The summed E-state index contributed by atoms with van der Waals surface area (Å²) in [4.78, 5) is 6.04. The van der Waals surface area contributed by atoms with Crippen molar-refractivity contribution in [2.45, 2.75) is 46.1 Å². The van der Waals surface area contributed by atoms with Gasteiger partial charge in [-0.1, -0.05) is 50.6 Å². The maximum absolute atomic E-state index is 6.10. The van der Waals surface area contributed by atoms with Gasteiger partial charge in [0.05, 0.1) is 5.69 Å². The van der Waals surface area contributed by atoms with Crippen LogP contribution in [0.1, 0.15) is 49.9 Å². The molecule has 1 aromatic carbocycles. The van der Waals surface area contributed by atoms with Crippen LogP contribution >= 0.6 is 11.3 Å². The van der Waals surface area contributed by atoms with Crippen LogP contribution in [-0.2, 0) is 5.41 Å². The van der Waals surface area contributed by atoms with E-state index in [0.717, 1.165) is 10.7 Å². The lowest BCUT2D eigenvalue weighted by atomic mass is 9.90. The minimum Gasteiger partial charge on any atom is -0.323 e. The van der Waals surface area contributed by atoms with Gasteiger partial charge in [-0.2, -0.15) is 0 Å². The zero-order valence-electron chi connectivity index (χ0n) is 12.3. The second-order valence-corrected chi connectivity index (χ2v) is 7.17. The highest BCUT2D eigenvalue weighted by atomic mass is 32.1. The highest BCUT2D eigenvalue weighted by molar-refractivity contribution is 7.15. The van der Waals surface area contributed by atoms with Crippen molar-refractivity contribution in [1.29, 1.82) is 0 Å². The van der Waals surface area contributed by atoms with E-state index in [1.807, 2.05) is 6.92 Å². The third kappa shape index (κ3) is 3.04. The van der Waals surface area contributed by atoms with Crippen LogP contribution in [-0.4, -0.2) is 4.98 Å². The molecular formula is C16H22N2S. The minimum absolute atomic E-state index is 0.0302. The van der Waals surface area contributed by atoms with Crippen LogP contribution in [0.5, 0.6) is 0 Å². The Morgan fingerprint density at radius 3 is 2.16 bits per heavy atom. The summed E-state index contributed by atoms with van der Waals surface area (Å²) in [6.45, 7) is 10.7. The Bertz CT molecular complexity index is 559. The Balaban J connectivity index is 2.52. The first-order chi connectivity index (χ1) is 8.79. The summed E-state index contributed by atoms with van der Waals surface area (Å²) >= 11 is 1.72. The van der Waals surface area contributed by atoms with E-state index < -0.39 is 0 Å². The van der Waals surface area contributed by atoms with Gasteiger partial charge in [0.25, 0.3) is 0 Å². The molecule has 0 aliphatic carbocycles. The second-order valence-electron chi connectivity index (χ2n) is 6.14. The van der Waals surface area contributed by atoms with E-state index >= 15 is 0 Å². The fourth-order valence-electron chi connectivity index (χ4n) is 2.00. The van der Waals surface area contributed by atoms with Crippen LogP contribution < -0.4 is 5.73 Å². The fraction of sp³-hybridized carbons (Fsp3) is 0.438. The molecule has 0 saturated heterocycles. The molecule has 1 atom stereocenters. The van der Waals surface area contributed by atoms with E-state index in [1.54, 1.807) is 11.3 Å². The van der Waals surface area contributed by atoms with Crippen LogP contribution in [0.3, 0.4) is 0 Å². The maximum Gasteiger partial charge on any atom is 0.123 e. The number of benzene rings is 1. The molecule has 102 valence electrons. The van der Waals surface area contributed by atoms with E-state index in [1.165, 1.54) is 16.0 Å². The summed E-state index contributed by atoms with van der Waals surface area (Å²) in [5.74, 6) is 0. The van der Waals surface area contributed by atoms with Gasteiger partial charge >= 0.3 is 0 Å². The number of nitrogens with two attached hydrogens (primary N) is 1. The van der Waals surface area contributed by atoms with E-state index in [9.17, 15) is 0 Å². The highest BCUT2D eigenvalue weighted by Gasteiger charge is 2.25.